The summed E-state index contributed by atoms with van der Waals surface area (Å²) in [6.07, 6.45) is 0. The standard InChI is InChI=1S/C7H17N3/c1-8(2)7-5-10(6-7)9(3)4/h7H,5-6H2,1-4H3. The average Bonchev–Trinajstić information content (AvgIpc) is 1.56. The Labute approximate surface area is 63.2 Å². The number of nitrogens with zero attached hydrogens (tertiary/aromatic N) is 3. The zero-order valence-corrected chi connectivity index (χ0v) is 7.33. The lowest BCUT2D eigenvalue weighted by molar-refractivity contribution is -0.0789. The van der Waals surface area contributed by atoms with Crippen molar-refractivity contribution in [2.75, 3.05) is 41.3 Å². The maximum atomic E-state index is 2.32. The Bertz CT molecular complexity index is 93.4. The van der Waals surface area contributed by atoms with Crippen LogP contribution in [0.5, 0.6) is 0 Å². The Hall–Kier alpha value is -0.120. The first-order chi connectivity index (χ1) is 4.61. The molecule has 3 nitrogen and oxygen atoms in total. The molecule has 0 radical (unpaired) electrons. The summed E-state index contributed by atoms with van der Waals surface area (Å²) in [6.45, 7) is 2.36. The van der Waals surface area contributed by atoms with Crippen LogP contribution in [0, 0.1) is 0 Å². The Morgan fingerprint density at radius 2 is 1.60 bits per heavy atom. The summed E-state index contributed by atoms with van der Waals surface area (Å²) in [5.74, 6) is 0. The zero-order chi connectivity index (χ0) is 7.72. The van der Waals surface area contributed by atoms with Gasteiger partial charge >= 0.3 is 0 Å². The third-order valence-corrected chi connectivity index (χ3v) is 2.14. The quantitative estimate of drug-likeness (QED) is 0.526. The summed E-state index contributed by atoms with van der Waals surface area (Å²) >= 11 is 0. The molecule has 0 amide bonds. The molecule has 10 heavy (non-hydrogen) atoms. The molecule has 0 saturated carbocycles. The van der Waals surface area contributed by atoms with Crippen molar-refractivity contribution in [1.29, 1.82) is 0 Å². The minimum atomic E-state index is 0.766. The molecule has 1 fully saturated rings. The van der Waals surface area contributed by atoms with E-state index in [9.17, 15) is 0 Å². The predicted molar refractivity (Wildman–Crippen MR) is 42.7 cm³/mol. The molecule has 1 aliphatic rings. The Morgan fingerprint density at radius 1 is 1.10 bits per heavy atom. The number of hydrazine groups is 1. The summed E-state index contributed by atoms with van der Waals surface area (Å²) in [6, 6.07) is 0.766. The van der Waals surface area contributed by atoms with Gasteiger partial charge in [-0.05, 0) is 14.1 Å². The number of hydrogen-bond donors (Lipinski definition) is 0. The van der Waals surface area contributed by atoms with Crippen LogP contribution in [-0.2, 0) is 0 Å². The molecule has 1 heterocycles. The van der Waals surface area contributed by atoms with E-state index < -0.39 is 0 Å². The Kier molecular flexibility index (Phi) is 2.28. The van der Waals surface area contributed by atoms with Crippen molar-refractivity contribution < 1.29 is 0 Å². The van der Waals surface area contributed by atoms with Gasteiger partial charge in [-0.15, -0.1) is 0 Å². The van der Waals surface area contributed by atoms with E-state index in [1.165, 1.54) is 13.1 Å². The molecule has 0 N–H and O–H groups in total. The highest BCUT2D eigenvalue weighted by atomic mass is 15.6. The largest absolute Gasteiger partial charge is 0.304 e. The van der Waals surface area contributed by atoms with Gasteiger partial charge in [0.25, 0.3) is 0 Å². The highest BCUT2D eigenvalue weighted by molar-refractivity contribution is 4.82. The van der Waals surface area contributed by atoms with Gasteiger partial charge in [0.05, 0.1) is 0 Å². The zero-order valence-electron chi connectivity index (χ0n) is 7.33. The van der Waals surface area contributed by atoms with Crippen LogP contribution in [0.25, 0.3) is 0 Å². The van der Waals surface area contributed by atoms with Crippen LogP contribution in [0.3, 0.4) is 0 Å². The first-order valence-corrected chi connectivity index (χ1v) is 3.70. The molecular weight excluding hydrogens is 126 g/mol. The lowest BCUT2D eigenvalue weighted by Crippen LogP contribution is -2.61. The molecule has 3 heteroatoms. The fourth-order valence-corrected chi connectivity index (χ4v) is 1.09. The molecule has 0 bridgehead atoms. The van der Waals surface area contributed by atoms with Gasteiger partial charge in [-0.2, -0.15) is 0 Å². The summed E-state index contributed by atoms with van der Waals surface area (Å²) in [4.78, 5) is 2.28. The van der Waals surface area contributed by atoms with Gasteiger partial charge in [0.15, 0.2) is 0 Å². The lowest BCUT2D eigenvalue weighted by Gasteiger charge is -2.45. The number of hydrogen-bond acceptors (Lipinski definition) is 3. The van der Waals surface area contributed by atoms with Crippen molar-refractivity contribution in [3.05, 3.63) is 0 Å². The van der Waals surface area contributed by atoms with E-state index in [0.29, 0.717) is 0 Å². The first kappa shape index (κ1) is 7.98. The number of rotatable bonds is 2. The van der Waals surface area contributed by atoms with Gasteiger partial charge in [0, 0.05) is 33.2 Å². The van der Waals surface area contributed by atoms with Crippen LogP contribution in [0.15, 0.2) is 0 Å². The molecule has 60 valence electrons. The van der Waals surface area contributed by atoms with E-state index in [1.54, 1.807) is 0 Å². The molecule has 0 aromatic carbocycles. The first-order valence-electron chi connectivity index (χ1n) is 3.70. The molecular formula is C7H17N3. The Morgan fingerprint density at radius 3 is 1.90 bits per heavy atom. The maximum Gasteiger partial charge on any atom is 0.0372 e. The summed E-state index contributed by atoms with van der Waals surface area (Å²) in [5.41, 5.74) is 0. The van der Waals surface area contributed by atoms with Gasteiger partial charge in [0.2, 0.25) is 0 Å². The molecule has 0 spiro atoms. The van der Waals surface area contributed by atoms with Crippen molar-refractivity contribution in [2.24, 2.45) is 0 Å². The number of likely N-dealkylation sites (N-methyl/N-ethyl adjacent to an activating group) is 1. The summed E-state index contributed by atoms with van der Waals surface area (Å²) < 4.78 is 0. The smallest absolute Gasteiger partial charge is 0.0372 e. The molecule has 0 unspecified atom stereocenters. The van der Waals surface area contributed by atoms with E-state index in [2.05, 4.69) is 43.1 Å². The van der Waals surface area contributed by atoms with E-state index in [0.717, 1.165) is 6.04 Å². The van der Waals surface area contributed by atoms with Crippen molar-refractivity contribution in [3.63, 3.8) is 0 Å². The summed E-state index contributed by atoms with van der Waals surface area (Å²) in [7, 11) is 8.45. The second kappa shape index (κ2) is 2.86. The van der Waals surface area contributed by atoms with Crippen LogP contribution < -0.4 is 0 Å². The van der Waals surface area contributed by atoms with Gasteiger partial charge in [-0.3, -0.25) is 0 Å². The highest BCUT2D eigenvalue weighted by Gasteiger charge is 2.29. The third-order valence-electron chi connectivity index (χ3n) is 2.14. The molecule has 0 atom stereocenters. The topological polar surface area (TPSA) is 9.72 Å². The van der Waals surface area contributed by atoms with Gasteiger partial charge in [-0.25, -0.2) is 10.0 Å². The van der Waals surface area contributed by atoms with Crippen molar-refractivity contribution in [2.45, 2.75) is 6.04 Å². The average molecular weight is 143 g/mol. The second-order valence-electron chi connectivity index (χ2n) is 3.34. The normalized spacial score (nSPS) is 22.2. The van der Waals surface area contributed by atoms with Crippen molar-refractivity contribution in [1.82, 2.24) is 14.9 Å². The van der Waals surface area contributed by atoms with Gasteiger partial charge in [-0.1, -0.05) is 0 Å². The van der Waals surface area contributed by atoms with Crippen LogP contribution in [-0.4, -0.2) is 62.2 Å². The molecule has 1 aliphatic heterocycles. The molecule has 1 rings (SSSR count). The SMILES string of the molecule is CN(C)C1CN(N(C)C)C1. The van der Waals surface area contributed by atoms with Gasteiger partial charge in [0.1, 0.15) is 0 Å². The van der Waals surface area contributed by atoms with E-state index in [1.807, 2.05) is 0 Å². The van der Waals surface area contributed by atoms with E-state index >= 15 is 0 Å². The van der Waals surface area contributed by atoms with E-state index in [4.69, 9.17) is 0 Å². The monoisotopic (exact) mass is 143 g/mol. The lowest BCUT2D eigenvalue weighted by atomic mass is 10.1. The molecule has 0 aliphatic carbocycles. The minimum Gasteiger partial charge on any atom is -0.304 e. The van der Waals surface area contributed by atoms with Gasteiger partial charge < -0.3 is 4.90 Å². The summed E-state index contributed by atoms with van der Waals surface area (Å²) in [5, 5.41) is 4.48. The fourth-order valence-electron chi connectivity index (χ4n) is 1.09. The van der Waals surface area contributed by atoms with Crippen LogP contribution >= 0.6 is 0 Å². The van der Waals surface area contributed by atoms with Crippen LogP contribution in [0.1, 0.15) is 0 Å². The maximum absolute atomic E-state index is 2.32. The third kappa shape index (κ3) is 1.48. The van der Waals surface area contributed by atoms with Crippen LogP contribution in [0.4, 0.5) is 0 Å². The molecule has 0 aromatic heterocycles. The Balaban J connectivity index is 2.18. The minimum absolute atomic E-state index is 0.766. The fraction of sp³-hybridized carbons (Fsp3) is 1.00. The second-order valence-corrected chi connectivity index (χ2v) is 3.34. The predicted octanol–water partition coefficient (Wildman–Crippen LogP) is -0.291. The van der Waals surface area contributed by atoms with Crippen molar-refractivity contribution >= 4 is 0 Å². The molecule has 1 saturated heterocycles. The van der Waals surface area contributed by atoms with Crippen LogP contribution in [0.2, 0.25) is 0 Å². The van der Waals surface area contributed by atoms with Crippen molar-refractivity contribution in [3.8, 4) is 0 Å². The molecule has 0 aromatic rings. The van der Waals surface area contributed by atoms with E-state index in [-0.39, 0.29) is 0 Å². The highest BCUT2D eigenvalue weighted by Crippen LogP contribution is 2.11.